The average molecular weight is 494 g/mol. The molecule has 0 unspecified atom stereocenters. The van der Waals surface area contributed by atoms with Crippen LogP contribution in [0.2, 0.25) is 0 Å². The minimum atomic E-state index is -0.968. The molecular formula is C25H32FN9O. The van der Waals surface area contributed by atoms with Crippen LogP contribution in [0.4, 0.5) is 15.9 Å². The molecule has 1 atom stereocenters. The molecule has 0 radical (unpaired) electrons. The first-order valence-corrected chi connectivity index (χ1v) is 12.6. The molecule has 4 heterocycles. The Bertz CT molecular complexity index is 1320. The SMILES string of the molecule is CC1CN(Cc2c(F)ccc(N3CC[C@](N)(C(=O)NC4CC4)C3)c2Cn2cnc3c(N)ncnc32)C1. The first-order chi connectivity index (χ1) is 17.3. The molecule has 11 heteroatoms. The summed E-state index contributed by atoms with van der Waals surface area (Å²) in [6.07, 6.45) is 5.64. The summed E-state index contributed by atoms with van der Waals surface area (Å²) in [5, 5.41) is 3.05. The van der Waals surface area contributed by atoms with E-state index in [9.17, 15) is 4.79 Å². The highest BCUT2D eigenvalue weighted by molar-refractivity contribution is 5.88. The van der Waals surface area contributed by atoms with Gasteiger partial charge in [0.15, 0.2) is 11.5 Å². The zero-order chi connectivity index (χ0) is 25.0. The summed E-state index contributed by atoms with van der Waals surface area (Å²) in [7, 11) is 0. The second-order valence-corrected chi connectivity index (χ2v) is 10.7. The van der Waals surface area contributed by atoms with Crippen LogP contribution in [0.1, 0.15) is 37.3 Å². The number of amides is 1. The van der Waals surface area contributed by atoms with Gasteiger partial charge in [0.05, 0.1) is 12.9 Å². The molecule has 3 aromatic rings. The average Bonchev–Trinajstić information content (AvgIpc) is 3.40. The molecule has 0 bridgehead atoms. The van der Waals surface area contributed by atoms with Gasteiger partial charge in [-0.05, 0) is 37.3 Å². The lowest BCUT2D eigenvalue weighted by atomic mass is 9.97. The van der Waals surface area contributed by atoms with Gasteiger partial charge < -0.3 is 26.3 Å². The van der Waals surface area contributed by atoms with Crippen LogP contribution in [-0.4, -0.2) is 68.1 Å². The standard InChI is InChI=1S/C25H32FN9O/c1-15-8-33(9-15)10-17-18(11-35-14-31-21-22(27)29-13-30-23(21)35)20(5-4-19(17)26)34-7-6-25(28,12-34)24(36)32-16-2-3-16/h4-5,13-16H,2-3,6-12,28H2,1H3,(H,32,36)(H2,27,29,30)/t25-/m1/s1. The van der Waals surface area contributed by atoms with Gasteiger partial charge >= 0.3 is 0 Å². The number of hydrogen-bond donors (Lipinski definition) is 3. The predicted octanol–water partition coefficient (Wildman–Crippen LogP) is 1.23. The third-order valence-corrected chi connectivity index (χ3v) is 7.64. The van der Waals surface area contributed by atoms with Gasteiger partial charge in [0, 0.05) is 55.6 Å². The van der Waals surface area contributed by atoms with Crippen LogP contribution >= 0.6 is 0 Å². The zero-order valence-electron chi connectivity index (χ0n) is 20.5. The van der Waals surface area contributed by atoms with E-state index in [1.54, 1.807) is 12.4 Å². The minimum Gasteiger partial charge on any atom is -0.382 e. The fourth-order valence-corrected chi connectivity index (χ4v) is 5.44. The Labute approximate surface area is 208 Å². The van der Waals surface area contributed by atoms with Crippen molar-refractivity contribution in [2.24, 2.45) is 11.7 Å². The number of carbonyl (C=O) groups is 1. The number of imidazole rings is 1. The fraction of sp³-hybridized carbons (Fsp3) is 0.520. The molecule has 3 fully saturated rings. The van der Waals surface area contributed by atoms with Crippen molar-refractivity contribution in [1.29, 1.82) is 0 Å². The summed E-state index contributed by atoms with van der Waals surface area (Å²) >= 11 is 0. The van der Waals surface area contributed by atoms with Crippen LogP contribution in [0.5, 0.6) is 0 Å². The van der Waals surface area contributed by atoms with Crippen molar-refractivity contribution in [2.45, 2.75) is 50.9 Å². The van der Waals surface area contributed by atoms with Gasteiger partial charge in [-0.15, -0.1) is 0 Å². The Morgan fingerprint density at radius 3 is 2.75 bits per heavy atom. The summed E-state index contributed by atoms with van der Waals surface area (Å²) in [6.45, 7) is 5.96. The van der Waals surface area contributed by atoms with Gasteiger partial charge in [0.25, 0.3) is 0 Å². The number of hydrogen-bond acceptors (Lipinski definition) is 8. The highest BCUT2D eigenvalue weighted by Gasteiger charge is 2.43. The van der Waals surface area contributed by atoms with E-state index in [4.69, 9.17) is 11.5 Å². The lowest BCUT2D eigenvalue weighted by Gasteiger charge is -2.38. The molecule has 190 valence electrons. The maximum Gasteiger partial charge on any atom is 0.242 e. The molecule has 0 spiro atoms. The summed E-state index contributed by atoms with van der Waals surface area (Å²) in [4.78, 5) is 30.1. The second-order valence-electron chi connectivity index (χ2n) is 10.7. The smallest absolute Gasteiger partial charge is 0.242 e. The maximum atomic E-state index is 15.4. The number of anilines is 2. The van der Waals surface area contributed by atoms with E-state index in [1.807, 2.05) is 4.57 Å². The Morgan fingerprint density at radius 2 is 2.00 bits per heavy atom. The molecule has 1 saturated carbocycles. The van der Waals surface area contributed by atoms with Crippen LogP contribution in [-0.2, 0) is 17.9 Å². The molecular weight excluding hydrogens is 461 g/mol. The summed E-state index contributed by atoms with van der Waals surface area (Å²) in [5.41, 5.74) is 15.1. The molecule has 3 aliphatic rings. The van der Waals surface area contributed by atoms with E-state index in [1.165, 1.54) is 12.4 Å². The van der Waals surface area contributed by atoms with Crippen molar-refractivity contribution in [3.8, 4) is 0 Å². The summed E-state index contributed by atoms with van der Waals surface area (Å²) in [6, 6.07) is 3.59. The first kappa shape index (κ1) is 23.1. The van der Waals surface area contributed by atoms with Gasteiger partial charge in [-0.25, -0.2) is 19.3 Å². The quantitative estimate of drug-likeness (QED) is 0.448. The van der Waals surface area contributed by atoms with Crippen molar-refractivity contribution >= 4 is 28.6 Å². The number of fused-ring (bicyclic) bond motifs is 1. The number of nitrogens with one attached hydrogen (secondary N) is 1. The molecule has 1 amide bonds. The Balaban J connectivity index is 1.36. The minimum absolute atomic E-state index is 0.0984. The zero-order valence-corrected chi connectivity index (χ0v) is 20.5. The molecule has 10 nitrogen and oxygen atoms in total. The molecule has 5 N–H and O–H groups in total. The van der Waals surface area contributed by atoms with Crippen LogP contribution in [0.15, 0.2) is 24.8 Å². The van der Waals surface area contributed by atoms with Gasteiger partial charge in [-0.3, -0.25) is 9.69 Å². The fourth-order valence-electron chi connectivity index (χ4n) is 5.44. The van der Waals surface area contributed by atoms with Crippen LogP contribution in [0.25, 0.3) is 11.2 Å². The number of likely N-dealkylation sites (tertiary alicyclic amines) is 1. The van der Waals surface area contributed by atoms with Crippen LogP contribution < -0.4 is 21.7 Å². The van der Waals surface area contributed by atoms with E-state index in [2.05, 4.69) is 37.0 Å². The van der Waals surface area contributed by atoms with Crippen LogP contribution in [0, 0.1) is 11.7 Å². The first-order valence-electron chi connectivity index (χ1n) is 12.6. The number of rotatable bonds is 7. The van der Waals surface area contributed by atoms with Crippen molar-refractivity contribution in [3.63, 3.8) is 0 Å². The molecule has 2 saturated heterocycles. The number of nitrogens with two attached hydrogens (primary N) is 2. The molecule has 2 aromatic heterocycles. The lowest BCUT2D eigenvalue weighted by Crippen LogP contribution is -2.56. The normalized spacial score (nSPS) is 22.8. The number of halogens is 1. The van der Waals surface area contributed by atoms with Crippen molar-refractivity contribution in [3.05, 3.63) is 41.7 Å². The largest absolute Gasteiger partial charge is 0.382 e. The number of carbonyl (C=O) groups excluding carboxylic acids is 1. The molecule has 36 heavy (non-hydrogen) atoms. The molecule has 2 aliphatic heterocycles. The Hall–Kier alpha value is -3.31. The lowest BCUT2D eigenvalue weighted by molar-refractivity contribution is -0.125. The highest BCUT2D eigenvalue weighted by Crippen LogP contribution is 2.35. The Kier molecular flexibility index (Phi) is 5.56. The monoisotopic (exact) mass is 493 g/mol. The van der Waals surface area contributed by atoms with Gasteiger partial charge in [0.1, 0.15) is 23.2 Å². The topological polar surface area (TPSA) is 131 Å². The molecule has 1 aliphatic carbocycles. The van der Waals surface area contributed by atoms with Crippen LogP contribution in [0.3, 0.4) is 0 Å². The van der Waals surface area contributed by atoms with Crippen molar-refractivity contribution in [2.75, 3.05) is 36.8 Å². The third-order valence-electron chi connectivity index (χ3n) is 7.64. The van der Waals surface area contributed by atoms with E-state index < -0.39 is 5.54 Å². The van der Waals surface area contributed by atoms with Crippen molar-refractivity contribution < 1.29 is 9.18 Å². The van der Waals surface area contributed by atoms with Gasteiger partial charge in [-0.1, -0.05) is 6.92 Å². The predicted molar refractivity (Wildman–Crippen MR) is 135 cm³/mol. The van der Waals surface area contributed by atoms with E-state index in [0.29, 0.717) is 61.1 Å². The van der Waals surface area contributed by atoms with E-state index in [-0.39, 0.29) is 17.8 Å². The summed E-state index contributed by atoms with van der Waals surface area (Å²) in [5.74, 6) is 0.579. The Morgan fingerprint density at radius 1 is 1.19 bits per heavy atom. The highest BCUT2D eigenvalue weighted by atomic mass is 19.1. The van der Waals surface area contributed by atoms with Crippen molar-refractivity contribution in [1.82, 2.24) is 29.7 Å². The number of aromatic nitrogens is 4. The molecule has 6 rings (SSSR count). The second kappa shape index (κ2) is 8.67. The summed E-state index contributed by atoms with van der Waals surface area (Å²) < 4.78 is 17.2. The van der Waals surface area contributed by atoms with E-state index in [0.717, 1.165) is 37.2 Å². The maximum absolute atomic E-state index is 15.4. The number of benzene rings is 1. The number of nitrogens with zero attached hydrogens (tertiary/aromatic N) is 6. The van der Waals surface area contributed by atoms with E-state index >= 15 is 4.39 Å². The number of nitrogen functional groups attached to an aromatic ring is 1. The van der Waals surface area contributed by atoms with Gasteiger partial charge in [-0.2, -0.15) is 0 Å². The van der Waals surface area contributed by atoms with Gasteiger partial charge in [0.2, 0.25) is 5.91 Å². The molecule has 1 aromatic carbocycles. The third kappa shape index (κ3) is 4.16.